The number of hydrogen-bond donors (Lipinski definition) is 1. The molecule has 1 fully saturated rings. The molecule has 0 aliphatic carbocycles. The zero-order chi connectivity index (χ0) is 19.9. The molecule has 0 saturated carbocycles. The van der Waals surface area contributed by atoms with Gasteiger partial charge in [-0.05, 0) is 31.2 Å². The zero-order valence-electron chi connectivity index (χ0n) is 15.6. The number of carbonyl (C=O) groups excluding carboxylic acids is 2. The summed E-state index contributed by atoms with van der Waals surface area (Å²) in [4.78, 5) is 36.4. The van der Waals surface area contributed by atoms with E-state index >= 15 is 0 Å². The van der Waals surface area contributed by atoms with Crippen LogP contribution in [0.4, 0.5) is 11.5 Å². The summed E-state index contributed by atoms with van der Waals surface area (Å²) in [6.07, 6.45) is 3.11. The number of halogens is 1. The Labute approximate surface area is 168 Å². The van der Waals surface area contributed by atoms with Gasteiger partial charge in [-0.2, -0.15) is 0 Å². The van der Waals surface area contributed by atoms with Crippen LogP contribution < -0.4 is 10.2 Å². The highest BCUT2D eigenvalue weighted by Gasteiger charge is 2.20. The molecule has 0 bridgehead atoms. The second kappa shape index (κ2) is 9.48. The van der Waals surface area contributed by atoms with Gasteiger partial charge >= 0.3 is 5.97 Å². The molecule has 1 aliphatic rings. The maximum absolute atomic E-state index is 12.2. The first-order valence-corrected chi connectivity index (χ1v) is 9.45. The Morgan fingerprint density at radius 2 is 1.96 bits per heavy atom. The molecule has 1 aliphatic heterocycles. The van der Waals surface area contributed by atoms with E-state index in [1.807, 2.05) is 6.07 Å². The van der Waals surface area contributed by atoms with Gasteiger partial charge in [0.2, 0.25) is 5.91 Å². The predicted molar refractivity (Wildman–Crippen MR) is 107 cm³/mol. The number of piperazine rings is 1. The smallest absolute Gasteiger partial charge is 0.339 e. The fourth-order valence-corrected chi connectivity index (χ4v) is 3.08. The van der Waals surface area contributed by atoms with Crippen LogP contribution in [0.3, 0.4) is 0 Å². The summed E-state index contributed by atoms with van der Waals surface area (Å²) in [6.45, 7) is 5.34. The van der Waals surface area contributed by atoms with Crippen LogP contribution in [0.2, 0.25) is 5.15 Å². The third kappa shape index (κ3) is 5.17. The molecule has 28 heavy (non-hydrogen) atoms. The van der Waals surface area contributed by atoms with E-state index < -0.39 is 0 Å². The number of nitrogens with zero attached hydrogens (tertiary/aromatic N) is 4. The van der Waals surface area contributed by atoms with Crippen LogP contribution in [0.5, 0.6) is 0 Å². The Kier molecular flexibility index (Phi) is 6.78. The van der Waals surface area contributed by atoms with Crippen molar-refractivity contribution in [1.29, 1.82) is 0 Å². The zero-order valence-corrected chi connectivity index (χ0v) is 16.4. The van der Waals surface area contributed by atoms with Gasteiger partial charge in [0.05, 0.1) is 24.4 Å². The van der Waals surface area contributed by atoms with Gasteiger partial charge in [-0.15, -0.1) is 0 Å². The molecule has 9 heteroatoms. The van der Waals surface area contributed by atoms with Crippen molar-refractivity contribution in [3.63, 3.8) is 0 Å². The lowest BCUT2D eigenvalue weighted by Gasteiger charge is -2.35. The molecule has 1 N–H and O–H groups in total. The molecular formula is C19H22ClN5O3. The topological polar surface area (TPSA) is 87.7 Å². The molecule has 0 spiro atoms. The summed E-state index contributed by atoms with van der Waals surface area (Å²) in [7, 11) is 0. The average Bonchev–Trinajstić information content (AvgIpc) is 2.71. The van der Waals surface area contributed by atoms with E-state index in [-0.39, 0.29) is 23.6 Å². The molecule has 3 rings (SSSR count). The molecule has 0 radical (unpaired) electrons. The molecule has 2 aromatic heterocycles. The number of rotatable bonds is 6. The van der Waals surface area contributed by atoms with Crippen LogP contribution in [0, 0.1) is 0 Å². The molecule has 8 nitrogen and oxygen atoms in total. The van der Waals surface area contributed by atoms with Crippen LogP contribution in [0.25, 0.3) is 0 Å². The van der Waals surface area contributed by atoms with E-state index in [9.17, 15) is 9.59 Å². The van der Waals surface area contributed by atoms with E-state index in [2.05, 4.69) is 25.1 Å². The third-order valence-electron chi connectivity index (χ3n) is 4.36. The fraction of sp³-hybridized carbons (Fsp3) is 0.368. The first-order chi connectivity index (χ1) is 13.6. The van der Waals surface area contributed by atoms with Crippen molar-refractivity contribution >= 4 is 35.0 Å². The third-order valence-corrected chi connectivity index (χ3v) is 4.66. The van der Waals surface area contributed by atoms with Crippen molar-refractivity contribution in [2.75, 3.05) is 49.5 Å². The summed E-state index contributed by atoms with van der Waals surface area (Å²) in [5.41, 5.74) is 0.952. The number of carbonyl (C=O) groups is 2. The number of amides is 1. The molecule has 0 unspecified atom stereocenters. The van der Waals surface area contributed by atoms with Gasteiger partial charge in [0.15, 0.2) is 5.15 Å². The Morgan fingerprint density at radius 3 is 2.61 bits per heavy atom. The van der Waals surface area contributed by atoms with Crippen LogP contribution in [-0.4, -0.2) is 66.1 Å². The van der Waals surface area contributed by atoms with Gasteiger partial charge in [-0.25, -0.2) is 14.8 Å². The van der Waals surface area contributed by atoms with Gasteiger partial charge in [0.25, 0.3) is 0 Å². The molecule has 1 saturated heterocycles. The summed E-state index contributed by atoms with van der Waals surface area (Å²) in [5.74, 6) is 0.311. The van der Waals surface area contributed by atoms with Gasteiger partial charge < -0.3 is 15.0 Å². The number of nitrogens with one attached hydrogen (secondary N) is 1. The van der Waals surface area contributed by atoms with Crippen LogP contribution in [-0.2, 0) is 9.53 Å². The average molecular weight is 404 g/mol. The highest BCUT2D eigenvalue weighted by Crippen LogP contribution is 2.18. The highest BCUT2D eigenvalue weighted by molar-refractivity contribution is 6.32. The fourth-order valence-electron chi connectivity index (χ4n) is 2.92. The molecule has 1 amide bonds. The molecule has 3 heterocycles. The second-order valence-corrected chi connectivity index (χ2v) is 6.64. The minimum absolute atomic E-state index is 0.125. The normalized spacial score (nSPS) is 14.6. The Morgan fingerprint density at radius 1 is 1.18 bits per heavy atom. The standard InChI is InChI=1S/C19H22ClN5O3/c1-2-28-19(27)14-5-6-16(22-12-14)25-10-8-24(9-11-25)13-17(26)23-15-4-3-7-21-18(15)20/h3-7,12H,2,8-11,13H2,1H3,(H,23,26). The quantitative estimate of drug-likeness (QED) is 0.583. The van der Waals surface area contributed by atoms with Crippen molar-refractivity contribution in [3.8, 4) is 0 Å². The number of esters is 1. The van der Waals surface area contributed by atoms with E-state index in [4.69, 9.17) is 16.3 Å². The van der Waals surface area contributed by atoms with E-state index in [1.54, 1.807) is 31.3 Å². The van der Waals surface area contributed by atoms with Gasteiger partial charge in [-0.3, -0.25) is 9.69 Å². The Bertz CT molecular complexity index is 823. The maximum Gasteiger partial charge on any atom is 0.339 e. The molecule has 0 aromatic carbocycles. The van der Waals surface area contributed by atoms with Crippen molar-refractivity contribution in [3.05, 3.63) is 47.4 Å². The summed E-state index contributed by atoms with van der Waals surface area (Å²) < 4.78 is 4.96. The number of pyridine rings is 2. The maximum atomic E-state index is 12.2. The van der Waals surface area contributed by atoms with Crippen molar-refractivity contribution < 1.29 is 14.3 Å². The van der Waals surface area contributed by atoms with Crippen LogP contribution in [0.15, 0.2) is 36.7 Å². The van der Waals surface area contributed by atoms with Crippen molar-refractivity contribution in [2.24, 2.45) is 0 Å². The SMILES string of the molecule is CCOC(=O)c1ccc(N2CCN(CC(=O)Nc3cccnc3Cl)CC2)nc1. The highest BCUT2D eigenvalue weighted by atomic mass is 35.5. The number of anilines is 2. The van der Waals surface area contributed by atoms with E-state index in [1.165, 1.54) is 6.20 Å². The predicted octanol–water partition coefficient (Wildman–Crippen LogP) is 2.07. The van der Waals surface area contributed by atoms with E-state index in [0.717, 1.165) is 32.0 Å². The first-order valence-electron chi connectivity index (χ1n) is 9.07. The lowest BCUT2D eigenvalue weighted by Crippen LogP contribution is -2.49. The van der Waals surface area contributed by atoms with Gasteiger partial charge in [-0.1, -0.05) is 11.6 Å². The molecule has 2 aromatic rings. The van der Waals surface area contributed by atoms with Crippen LogP contribution in [0.1, 0.15) is 17.3 Å². The summed E-state index contributed by atoms with van der Waals surface area (Å²) in [6, 6.07) is 6.98. The summed E-state index contributed by atoms with van der Waals surface area (Å²) in [5, 5.41) is 3.06. The minimum Gasteiger partial charge on any atom is -0.462 e. The summed E-state index contributed by atoms with van der Waals surface area (Å²) >= 11 is 5.96. The van der Waals surface area contributed by atoms with Crippen LogP contribution >= 0.6 is 11.6 Å². The minimum atomic E-state index is -0.369. The second-order valence-electron chi connectivity index (χ2n) is 6.28. The van der Waals surface area contributed by atoms with Gasteiger partial charge in [0.1, 0.15) is 5.82 Å². The van der Waals surface area contributed by atoms with Crippen molar-refractivity contribution in [1.82, 2.24) is 14.9 Å². The largest absolute Gasteiger partial charge is 0.462 e. The monoisotopic (exact) mass is 403 g/mol. The molecule has 0 atom stereocenters. The molecular weight excluding hydrogens is 382 g/mol. The first kappa shape index (κ1) is 20.0. The van der Waals surface area contributed by atoms with E-state index in [0.29, 0.717) is 17.9 Å². The number of hydrogen-bond acceptors (Lipinski definition) is 7. The van der Waals surface area contributed by atoms with Gasteiger partial charge in [0, 0.05) is 38.6 Å². The Hall–Kier alpha value is -2.71. The molecule has 148 valence electrons. The lowest BCUT2D eigenvalue weighted by molar-refractivity contribution is -0.117. The van der Waals surface area contributed by atoms with Crippen molar-refractivity contribution in [2.45, 2.75) is 6.92 Å². The number of ether oxygens (including phenoxy) is 1. The number of aromatic nitrogens is 2. The Balaban J connectivity index is 1.48. The lowest BCUT2D eigenvalue weighted by atomic mass is 10.2.